The number of rotatable bonds is 5. The Hall–Kier alpha value is -1.10. The highest BCUT2D eigenvalue weighted by Crippen LogP contribution is 2.19. The number of nitrogens with one attached hydrogen (secondary N) is 2. The molecule has 1 aliphatic carbocycles. The molecule has 0 atom stereocenters. The maximum Gasteiger partial charge on any atom is 0.315 e. The van der Waals surface area contributed by atoms with Crippen LogP contribution in [-0.2, 0) is 6.54 Å². The van der Waals surface area contributed by atoms with Crippen molar-refractivity contribution in [3.8, 4) is 0 Å². The Balaban J connectivity index is 1.81. The van der Waals surface area contributed by atoms with E-state index in [9.17, 15) is 0 Å². The van der Waals surface area contributed by atoms with Crippen molar-refractivity contribution < 1.29 is 4.42 Å². The molecule has 0 amide bonds. The van der Waals surface area contributed by atoms with Gasteiger partial charge in [0.1, 0.15) is 0 Å². The van der Waals surface area contributed by atoms with Crippen molar-refractivity contribution in [2.24, 2.45) is 0 Å². The molecule has 1 fully saturated rings. The summed E-state index contributed by atoms with van der Waals surface area (Å²) in [5, 5.41) is 14.0. The monoisotopic (exact) mass is 182 g/mol. The van der Waals surface area contributed by atoms with Gasteiger partial charge in [-0.3, -0.25) is 0 Å². The van der Waals surface area contributed by atoms with Crippen LogP contribution in [0.4, 0.5) is 6.01 Å². The quantitative estimate of drug-likeness (QED) is 0.703. The summed E-state index contributed by atoms with van der Waals surface area (Å²) < 4.78 is 5.31. The van der Waals surface area contributed by atoms with Crippen LogP contribution in [0.2, 0.25) is 0 Å². The van der Waals surface area contributed by atoms with Gasteiger partial charge >= 0.3 is 6.01 Å². The molecule has 0 aliphatic heterocycles. The predicted molar refractivity (Wildman–Crippen MR) is 48.3 cm³/mol. The van der Waals surface area contributed by atoms with Crippen LogP contribution in [0, 0.1) is 0 Å². The first-order valence-corrected chi connectivity index (χ1v) is 4.68. The molecule has 1 aliphatic rings. The fraction of sp³-hybridized carbons (Fsp3) is 0.750. The van der Waals surface area contributed by atoms with E-state index in [1.54, 1.807) is 0 Å². The lowest BCUT2D eigenvalue weighted by Crippen LogP contribution is -2.15. The molecule has 0 bridgehead atoms. The first-order chi connectivity index (χ1) is 6.38. The molecule has 0 unspecified atom stereocenters. The molecular weight excluding hydrogens is 168 g/mol. The highest BCUT2D eigenvalue weighted by atomic mass is 16.4. The minimum atomic E-state index is 0.509. The molecule has 0 aromatic carbocycles. The number of anilines is 1. The number of hydrogen-bond acceptors (Lipinski definition) is 5. The third-order valence-corrected chi connectivity index (χ3v) is 1.91. The van der Waals surface area contributed by atoms with Crippen molar-refractivity contribution in [1.29, 1.82) is 0 Å². The Morgan fingerprint density at radius 1 is 1.46 bits per heavy atom. The van der Waals surface area contributed by atoms with Gasteiger partial charge in [0.15, 0.2) is 0 Å². The summed E-state index contributed by atoms with van der Waals surface area (Å²) in [6.45, 7) is 3.48. The van der Waals surface area contributed by atoms with Crippen LogP contribution in [0.3, 0.4) is 0 Å². The van der Waals surface area contributed by atoms with Crippen LogP contribution in [0.1, 0.15) is 25.7 Å². The normalized spacial score (nSPS) is 16.1. The molecule has 5 heteroatoms. The lowest BCUT2D eigenvalue weighted by molar-refractivity contribution is 0.476. The molecule has 1 aromatic heterocycles. The van der Waals surface area contributed by atoms with E-state index in [0.29, 0.717) is 24.5 Å². The van der Waals surface area contributed by atoms with Crippen LogP contribution in [0.5, 0.6) is 0 Å². The van der Waals surface area contributed by atoms with E-state index in [1.165, 1.54) is 12.8 Å². The van der Waals surface area contributed by atoms with Crippen molar-refractivity contribution in [3.05, 3.63) is 5.89 Å². The maximum absolute atomic E-state index is 5.31. The SMILES string of the molecule is CCNc1nnc(CNC2CC2)o1. The smallest absolute Gasteiger partial charge is 0.315 e. The van der Waals surface area contributed by atoms with E-state index in [0.717, 1.165) is 6.54 Å². The fourth-order valence-electron chi connectivity index (χ4n) is 1.07. The van der Waals surface area contributed by atoms with E-state index >= 15 is 0 Å². The Bertz CT molecular complexity index is 269. The average Bonchev–Trinajstić information content (AvgIpc) is 2.85. The van der Waals surface area contributed by atoms with Crippen LogP contribution < -0.4 is 10.6 Å². The molecular formula is C8H14N4O. The lowest BCUT2D eigenvalue weighted by Gasteiger charge is -1.96. The van der Waals surface area contributed by atoms with Gasteiger partial charge in [0.05, 0.1) is 6.54 Å². The Kier molecular flexibility index (Phi) is 2.44. The van der Waals surface area contributed by atoms with Crippen molar-refractivity contribution in [1.82, 2.24) is 15.5 Å². The average molecular weight is 182 g/mol. The fourth-order valence-corrected chi connectivity index (χ4v) is 1.07. The third-order valence-electron chi connectivity index (χ3n) is 1.91. The van der Waals surface area contributed by atoms with Gasteiger partial charge in [-0.1, -0.05) is 5.10 Å². The Labute approximate surface area is 76.9 Å². The summed E-state index contributed by atoms with van der Waals surface area (Å²) in [7, 11) is 0. The van der Waals surface area contributed by atoms with Crippen molar-refractivity contribution in [3.63, 3.8) is 0 Å². The van der Waals surface area contributed by atoms with Gasteiger partial charge in [-0.15, -0.1) is 5.10 Å². The van der Waals surface area contributed by atoms with Gasteiger partial charge in [-0.25, -0.2) is 0 Å². The number of aromatic nitrogens is 2. The van der Waals surface area contributed by atoms with E-state index < -0.39 is 0 Å². The standard InChI is InChI=1S/C8H14N4O/c1-2-9-8-12-11-7(13-8)5-10-6-3-4-6/h6,10H,2-5H2,1H3,(H,9,12). The van der Waals surface area contributed by atoms with E-state index in [4.69, 9.17) is 4.42 Å². The molecule has 5 nitrogen and oxygen atoms in total. The van der Waals surface area contributed by atoms with E-state index in [-0.39, 0.29) is 0 Å². The lowest BCUT2D eigenvalue weighted by atomic mass is 10.6. The summed E-state index contributed by atoms with van der Waals surface area (Å²) in [4.78, 5) is 0. The number of hydrogen-bond donors (Lipinski definition) is 2. The zero-order chi connectivity index (χ0) is 9.10. The maximum atomic E-state index is 5.31. The summed E-state index contributed by atoms with van der Waals surface area (Å²) in [6, 6.07) is 1.18. The van der Waals surface area contributed by atoms with Crippen LogP contribution >= 0.6 is 0 Å². The van der Waals surface area contributed by atoms with Crippen molar-refractivity contribution in [2.45, 2.75) is 32.4 Å². The molecule has 0 radical (unpaired) electrons. The second-order valence-corrected chi connectivity index (χ2v) is 3.19. The largest absolute Gasteiger partial charge is 0.407 e. The molecule has 1 aromatic rings. The molecule has 72 valence electrons. The van der Waals surface area contributed by atoms with Gasteiger partial charge in [0.25, 0.3) is 0 Å². The highest BCUT2D eigenvalue weighted by Gasteiger charge is 2.21. The van der Waals surface area contributed by atoms with Gasteiger partial charge in [0.2, 0.25) is 5.89 Å². The minimum Gasteiger partial charge on any atom is -0.407 e. The van der Waals surface area contributed by atoms with Gasteiger partial charge in [-0.2, -0.15) is 0 Å². The second kappa shape index (κ2) is 3.74. The molecule has 1 saturated carbocycles. The third kappa shape index (κ3) is 2.42. The van der Waals surface area contributed by atoms with Crippen molar-refractivity contribution in [2.75, 3.05) is 11.9 Å². The molecule has 13 heavy (non-hydrogen) atoms. The topological polar surface area (TPSA) is 63.0 Å². The predicted octanol–water partition coefficient (Wildman–Crippen LogP) is 0.753. The zero-order valence-corrected chi connectivity index (χ0v) is 7.71. The summed E-state index contributed by atoms with van der Waals surface area (Å²) in [6.07, 6.45) is 2.54. The molecule has 2 N–H and O–H groups in total. The summed E-state index contributed by atoms with van der Waals surface area (Å²) >= 11 is 0. The van der Waals surface area contributed by atoms with Gasteiger partial charge in [-0.05, 0) is 19.8 Å². The Morgan fingerprint density at radius 2 is 2.31 bits per heavy atom. The van der Waals surface area contributed by atoms with Crippen molar-refractivity contribution >= 4 is 6.01 Å². The Morgan fingerprint density at radius 3 is 3.00 bits per heavy atom. The van der Waals surface area contributed by atoms with Gasteiger partial charge < -0.3 is 15.1 Å². The molecule has 0 saturated heterocycles. The zero-order valence-electron chi connectivity index (χ0n) is 7.71. The summed E-state index contributed by atoms with van der Waals surface area (Å²) in [5.41, 5.74) is 0. The summed E-state index contributed by atoms with van der Waals surface area (Å²) in [5.74, 6) is 0.655. The molecule has 0 spiro atoms. The van der Waals surface area contributed by atoms with E-state index in [2.05, 4.69) is 20.8 Å². The number of nitrogens with zero attached hydrogens (tertiary/aromatic N) is 2. The molecule has 1 heterocycles. The minimum absolute atomic E-state index is 0.509. The van der Waals surface area contributed by atoms with Gasteiger partial charge in [0, 0.05) is 12.6 Å². The second-order valence-electron chi connectivity index (χ2n) is 3.19. The van der Waals surface area contributed by atoms with E-state index in [1.807, 2.05) is 6.92 Å². The first kappa shape index (κ1) is 8.50. The van der Waals surface area contributed by atoms with Crippen LogP contribution in [-0.4, -0.2) is 22.8 Å². The van der Waals surface area contributed by atoms with Crippen LogP contribution in [0.25, 0.3) is 0 Å². The first-order valence-electron chi connectivity index (χ1n) is 4.68. The molecule has 2 rings (SSSR count). The highest BCUT2D eigenvalue weighted by molar-refractivity contribution is 5.15. The van der Waals surface area contributed by atoms with Crippen LogP contribution in [0.15, 0.2) is 4.42 Å².